The number of para-hydroxylation sites is 1. The number of anilines is 1. The molecule has 2 atom stereocenters. The summed E-state index contributed by atoms with van der Waals surface area (Å²) in [6.07, 6.45) is 0. The minimum absolute atomic E-state index is 0.0446. The molecule has 6 heteroatoms. The minimum Gasteiger partial charge on any atom is -0.331 e. The maximum Gasteiger partial charge on any atom is 0.319 e. The third-order valence-corrected chi connectivity index (χ3v) is 5.15. The third kappa shape index (κ3) is 6.00. The summed E-state index contributed by atoms with van der Waals surface area (Å²) < 4.78 is 0. The van der Waals surface area contributed by atoms with Gasteiger partial charge in [-0.2, -0.15) is 5.26 Å². The lowest BCUT2D eigenvalue weighted by Crippen LogP contribution is -2.31. The predicted molar refractivity (Wildman–Crippen MR) is 104 cm³/mol. The quantitative estimate of drug-likeness (QED) is 0.659. The first-order valence-corrected chi connectivity index (χ1v) is 9.30. The molecule has 0 aliphatic carbocycles. The van der Waals surface area contributed by atoms with Gasteiger partial charge in [0.2, 0.25) is 0 Å². The summed E-state index contributed by atoms with van der Waals surface area (Å²) in [6, 6.07) is 16.8. The smallest absolute Gasteiger partial charge is 0.319 e. The molecule has 0 aromatic heterocycles. The molecule has 25 heavy (non-hydrogen) atoms. The molecule has 4 nitrogen and oxygen atoms in total. The van der Waals surface area contributed by atoms with Crippen molar-refractivity contribution in [2.75, 3.05) is 11.1 Å². The second kappa shape index (κ2) is 9.36. The number of benzene rings is 2. The predicted octanol–water partition coefficient (Wildman–Crippen LogP) is 5.47. The van der Waals surface area contributed by atoms with Gasteiger partial charge in [-0.25, -0.2) is 4.79 Å². The molecule has 0 fully saturated rings. The number of nitriles is 1. The fraction of sp³-hybridized carbons (Fsp3) is 0.263. The Morgan fingerprint density at radius 1 is 1.20 bits per heavy atom. The molecule has 0 saturated heterocycles. The molecule has 0 heterocycles. The van der Waals surface area contributed by atoms with Crippen molar-refractivity contribution in [1.29, 1.82) is 5.26 Å². The Kier molecular flexibility index (Phi) is 7.17. The highest BCUT2D eigenvalue weighted by atomic mass is 35.5. The van der Waals surface area contributed by atoms with Crippen molar-refractivity contribution in [3.05, 3.63) is 59.1 Å². The number of nitrogens with zero attached hydrogens (tertiary/aromatic N) is 1. The summed E-state index contributed by atoms with van der Waals surface area (Å²) >= 11 is 7.45. The highest BCUT2D eigenvalue weighted by Gasteiger charge is 2.12. The Morgan fingerprint density at radius 3 is 2.56 bits per heavy atom. The normalized spacial score (nSPS) is 12.7. The molecule has 0 aliphatic rings. The zero-order valence-electron chi connectivity index (χ0n) is 14.1. The van der Waals surface area contributed by atoms with E-state index in [2.05, 4.69) is 16.7 Å². The molecular weight excluding hydrogens is 354 g/mol. The van der Waals surface area contributed by atoms with Crippen molar-refractivity contribution in [3.8, 4) is 6.07 Å². The zero-order valence-corrected chi connectivity index (χ0v) is 15.7. The van der Waals surface area contributed by atoms with Gasteiger partial charge in [0.05, 0.1) is 23.7 Å². The first kappa shape index (κ1) is 19.2. The van der Waals surface area contributed by atoms with Gasteiger partial charge < -0.3 is 10.6 Å². The number of hydrogen-bond acceptors (Lipinski definition) is 3. The summed E-state index contributed by atoms with van der Waals surface area (Å²) in [5.41, 5.74) is 1.71. The van der Waals surface area contributed by atoms with Crippen molar-refractivity contribution in [2.45, 2.75) is 24.8 Å². The van der Waals surface area contributed by atoms with Crippen molar-refractivity contribution in [1.82, 2.24) is 5.32 Å². The molecule has 0 radical (unpaired) electrons. The number of thioether (sulfide) groups is 1. The van der Waals surface area contributed by atoms with Gasteiger partial charge in [-0.3, -0.25) is 0 Å². The molecule has 2 N–H and O–H groups in total. The summed E-state index contributed by atoms with van der Waals surface area (Å²) in [5, 5.41) is 15.4. The van der Waals surface area contributed by atoms with Crippen molar-refractivity contribution < 1.29 is 4.79 Å². The van der Waals surface area contributed by atoms with Gasteiger partial charge in [-0.1, -0.05) is 35.9 Å². The fourth-order valence-electron chi connectivity index (χ4n) is 2.14. The van der Waals surface area contributed by atoms with E-state index in [0.29, 0.717) is 10.8 Å². The minimum atomic E-state index is -0.274. The van der Waals surface area contributed by atoms with Gasteiger partial charge in [0.15, 0.2) is 0 Å². The monoisotopic (exact) mass is 373 g/mol. The van der Waals surface area contributed by atoms with Gasteiger partial charge >= 0.3 is 6.03 Å². The van der Waals surface area contributed by atoms with Crippen LogP contribution < -0.4 is 10.6 Å². The molecule has 2 amide bonds. The maximum atomic E-state index is 12.3. The Hall–Kier alpha value is -2.16. The van der Waals surface area contributed by atoms with Gasteiger partial charge in [0.25, 0.3) is 0 Å². The number of halogens is 1. The van der Waals surface area contributed by atoms with Crippen LogP contribution in [-0.2, 0) is 0 Å². The van der Waals surface area contributed by atoms with Crippen LogP contribution in [0.25, 0.3) is 0 Å². The molecule has 2 unspecified atom stereocenters. The Labute approximate surface area is 157 Å². The van der Waals surface area contributed by atoms with E-state index in [0.717, 1.165) is 16.1 Å². The first-order chi connectivity index (χ1) is 12.0. The zero-order chi connectivity index (χ0) is 18.2. The lowest BCUT2D eigenvalue weighted by Gasteiger charge is -2.16. The molecule has 0 spiro atoms. The van der Waals surface area contributed by atoms with Crippen molar-refractivity contribution in [3.63, 3.8) is 0 Å². The second-order valence-electron chi connectivity index (χ2n) is 5.71. The fourth-order valence-corrected chi connectivity index (χ4v) is 3.22. The number of carbonyl (C=O) groups is 1. The van der Waals surface area contributed by atoms with Gasteiger partial charge in [0.1, 0.15) is 0 Å². The maximum absolute atomic E-state index is 12.3. The number of amides is 2. The Bertz CT molecular complexity index is 758. The van der Waals surface area contributed by atoms with Crippen molar-refractivity contribution >= 4 is 35.1 Å². The molecule has 130 valence electrons. The standard InChI is InChI=1S/C19H20ClN3OS/c1-13(11-21)12-25-18-6-4-3-5-17(18)23-19(24)22-14(2)15-7-9-16(20)10-8-15/h3-10,13-14H,12H2,1-2H3,(H2,22,23,24). The topological polar surface area (TPSA) is 64.9 Å². The highest BCUT2D eigenvalue weighted by Crippen LogP contribution is 2.28. The van der Waals surface area contributed by atoms with Crippen LogP contribution in [0.1, 0.15) is 25.5 Å². The lowest BCUT2D eigenvalue weighted by atomic mass is 10.1. The molecular formula is C19H20ClN3OS. The Balaban J connectivity index is 1.98. The van der Waals surface area contributed by atoms with Crippen LogP contribution in [0, 0.1) is 17.2 Å². The summed E-state index contributed by atoms with van der Waals surface area (Å²) in [6.45, 7) is 3.79. The van der Waals surface area contributed by atoms with Crippen LogP contribution in [0.3, 0.4) is 0 Å². The number of carbonyl (C=O) groups excluding carboxylic acids is 1. The largest absolute Gasteiger partial charge is 0.331 e. The lowest BCUT2D eigenvalue weighted by molar-refractivity contribution is 0.249. The van der Waals surface area contributed by atoms with E-state index in [-0.39, 0.29) is 18.0 Å². The average Bonchev–Trinajstić information content (AvgIpc) is 2.61. The first-order valence-electron chi connectivity index (χ1n) is 7.94. The summed E-state index contributed by atoms with van der Waals surface area (Å²) in [4.78, 5) is 13.2. The van der Waals surface area contributed by atoms with E-state index in [1.165, 1.54) is 0 Å². The molecule has 2 aromatic carbocycles. The van der Waals surface area contributed by atoms with Crippen LogP contribution in [0.4, 0.5) is 10.5 Å². The van der Waals surface area contributed by atoms with E-state index >= 15 is 0 Å². The second-order valence-corrected chi connectivity index (χ2v) is 7.21. The SMILES string of the molecule is CC(C#N)CSc1ccccc1NC(=O)NC(C)c1ccc(Cl)cc1. The number of hydrogen-bond donors (Lipinski definition) is 2. The van der Waals surface area contributed by atoms with E-state index in [9.17, 15) is 4.79 Å². The highest BCUT2D eigenvalue weighted by molar-refractivity contribution is 7.99. The van der Waals surface area contributed by atoms with Gasteiger partial charge in [-0.05, 0) is 43.7 Å². The van der Waals surface area contributed by atoms with Crippen LogP contribution in [0.2, 0.25) is 5.02 Å². The Morgan fingerprint density at radius 2 is 1.88 bits per heavy atom. The molecule has 2 rings (SSSR count). The number of rotatable bonds is 6. The van der Waals surface area contributed by atoms with Crippen LogP contribution >= 0.6 is 23.4 Å². The van der Waals surface area contributed by atoms with Crippen LogP contribution in [0.15, 0.2) is 53.4 Å². The third-order valence-electron chi connectivity index (χ3n) is 3.56. The van der Waals surface area contributed by atoms with E-state index < -0.39 is 0 Å². The van der Waals surface area contributed by atoms with E-state index in [1.807, 2.05) is 50.2 Å². The number of nitrogens with one attached hydrogen (secondary N) is 2. The summed E-state index contributed by atoms with van der Waals surface area (Å²) in [7, 11) is 0. The van der Waals surface area contributed by atoms with Gasteiger partial charge in [0, 0.05) is 15.7 Å². The van der Waals surface area contributed by atoms with E-state index in [1.54, 1.807) is 23.9 Å². The molecule has 0 aliphatic heterocycles. The average molecular weight is 374 g/mol. The van der Waals surface area contributed by atoms with Gasteiger partial charge in [-0.15, -0.1) is 11.8 Å². The molecule has 2 aromatic rings. The van der Waals surface area contributed by atoms with Crippen LogP contribution in [0.5, 0.6) is 0 Å². The summed E-state index contributed by atoms with van der Waals surface area (Å²) in [5.74, 6) is 0.634. The number of urea groups is 1. The van der Waals surface area contributed by atoms with Crippen molar-refractivity contribution in [2.24, 2.45) is 5.92 Å². The van der Waals surface area contributed by atoms with Crippen LogP contribution in [-0.4, -0.2) is 11.8 Å². The van der Waals surface area contributed by atoms with E-state index in [4.69, 9.17) is 16.9 Å². The molecule has 0 bridgehead atoms. The molecule has 0 saturated carbocycles.